The summed E-state index contributed by atoms with van der Waals surface area (Å²) >= 11 is 0. The molecule has 1 heterocycles. The molecular formula is C13H24Cl2N4O. The zero-order valence-corrected chi connectivity index (χ0v) is 13.6. The van der Waals surface area contributed by atoms with Gasteiger partial charge in [0.25, 0.3) is 0 Å². The maximum absolute atomic E-state index is 12.2. The Morgan fingerprint density at radius 1 is 1.55 bits per heavy atom. The van der Waals surface area contributed by atoms with Crippen molar-refractivity contribution in [3.8, 4) is 0 Å². The Hall–Kier alpha value is -0.780. The van der Waals surface area contributed by atoms with Gasteiger partial charge < -0.3 is 16.0 Å². The van der Waals surface area contributed by atoms with Gasteiger partial charge in [-0.2, -0.15) is 0 Å². The Morgan fingerprint density at radius 2 is 2.25 bits per heavy atom. The van der Waals surface area contributed by atoms with Crippen molar-refractivity contribution in [1.29, 1.82) is 0 Å². The molecule has 2 atom stereocenters. The Morgan fingerprint density at radius 3 is 2.80 bits per heavy atom. The van der Waals surface area contributed by atoms with Crippen molar-refractivity contribution in [2.24, 2.45) is 11.7 Å². The van der Waals surface area contributed by atoms with Gasteiger partial charge in [0.2, 0.25) is 5.91 Å². The number of amides is 1. The van der Waals surface area contributed by atoms with Crippen LogP contribution in [0.1, 0.15) is 44.0 Å². The van der Waals surface area contributed by atoms with Crippen molar-refractivity contribution < 1.29 is 4.79 Å². The van der Waals surface area contributed by atoms with Gasteiger partial charge in [0.05, 0.1) is 24.5 Å². The lowest BCUT2D eigenvalue weighted by Gasteiger charge is -2.37. The van der Waals surface area contributed by atoms with E-state index < -0.39 is 0 Å². The van der Waals surface area contributed by atoms with E-state index in [-0.39, 0.29) is 42.2 Å². The van der Waals surface area contributed by atoms with Gasteiger partial charge in [-0.25, -0.2) is 4.98 Å². The van der Waals surface area contributed by atoms with Crippen molar-refractivity contribution in [2.75, 3.05) is 0 Å². The molecule has 1 aliphatic rings. The molecule has 1 amide bonds. The third kappa shape index (κ3) is 4.36. The van der Waals surface area contributed by atoms with Crippen LogP contribution in [-0.2, 0) is 11.3 Å². The van der Waals surface area contributed by atoms with Crippen LogP contribution in [0.2, 0.25) is 0 Å². The molecule has 7 heteroatoms. The second-order valence-electron chi connectivity index (χ2n) is 5.50. The number of carbonyl (C=O) groups excluding carboxylic acids is 1. The number of H-pyrrole nitrogens is 1. The van der Waals surface area contributed by atoms with E-state index in [2.05, 4.69) is 15.3 Å². The SMILES string of the molecule is Cc1[nH]cnc1CNC(=O)C1CCCCC1(C)N.Cl.Cl. The minimum atomic E-state index is -0.372. The molecule has 0 bridgehead atoms. The van der Waals surface area contributed by atoms with Crippen molar-refractivity contribution in [3.05, 3.63) is 17.7 Å². The zero-order valence-electron chi connectivity index (χ0n) is 11.9. The van der Waals surface area contributed by atoms with E-state index in [1.807, 2.05) is 13.8 Å². The van der Waals surface area contributed by atoms with Crippen LogP contribution < -0.4 is 11.1 Å². The normalized spacial score (nSPS) is 25.2. The van der Waals surface area contributed by atoms with E-state index in [0.717, 1.165) is 37.1 Å². The summed E-state index contributed by atoms with van der Waals surface area (Å²) in [5, 5.41) is 2.95. The minimum Gasteiger partial charge on any atom is -0.350 e. The Bertz CT molecular complexity index is 434. The topological polar surface area (TPSA) is 83.8 Å². The van der Waals surface area contributed by atoms with Crippen molar-refractivity contribution in [2.45, 2.75) is 51.6 Å². The fraction of sp³-hybridized carbons (Fsp3) is 0.692. The largest absolute Gasteiger partial charge is 0.350 e. The molecule has 2 rings (SSSR count). The molecular weight excluding hydrogens is 299 g/mol. The number of aromatic nitrogens is 2. The maximum Gasteiger partial charge on any atom is 0.225 e. The number of hydrogen-bond donors (Lipinski definition) is 3. The van der Waals surface area contributed by atoms with Gasteiger partial charge in [0.1, 0.15) is 0 Å². The molecule has 116 valence electrons. The number of nitrogens with zero attached hydrogens (tertiary/aromatic N) is 1. The second-order valence-corrected chi connectivity index (χ2v) is 5.50. The van der Waals surface area contributed by atoms with Crippen LogP contribution >= 0.6 is 24.8 Å². The number of aromatic amines is 1. The molecule has 1 fully saturated rings. The molecule has 0 aliphatic heterocycles. The van der Waals surface area contributed by atoms with Crippen molar-refractivity contribution in [3.63, 3.8) is 0 Å². The number of halogens is 2. The molecule has 0 radical (unpaired) electrons. The summed E-state index contributed by atoms with van der Waals surface area (Å²) in [7, 11) is 0. The van der Waals surface area contributed by atoms with Crippen LogP contribution in [-0.4, -0.2) is 21.4 Å². The summed E-state index contributed by atoms with van der Waals surface area (Å²) < 4.78 is 0. The van der Waals surface area contributed by atoms with Gasteiger partial charge in [0, 0.05) is 11.2 Å². The van der Waals surface area contributed by atoms with Crippen LogP contribution in [0, 0.1) is 12.8 Å². The molecule has 5 nitrogen and oxygen atoms in total. The minimum absolute atomic E-state index is 0. The molecule has 2 unspecified atom stereocenters. The predicted molar refractivity (Wildman–Crippen MR) is 84.2 cm³/mol. The molecule has 1 aromatic heterocycles. The summed E-state index contributed by atoms with van der Waals surface area (Å²) in [6.07, 6.45) is 5.66. The number of nitrogens with one attached hydrogen (secondary N) is 2. The van der Waals surface area contributed by atoms with Crippen molar-refractivity contribution in [1.82, 2.24) is 15.3 Å². The number of aryl methyl sites for hydroxylation is 1. The third-order valence-electron chi connectivity index (χ3n) is 3.94. The van der Waals surface area contributed by atoms with Gasteiger partial charge in [-0.05, 0) is 26.7 Å². The van der Waals surface area contributed by atoms with E-state index in [0.29, 0.717) is 6.54 Å². The fourth-order valence-electron chi connectivity index (χ4n) is 2.65. The summed E-state index contributed by atoms with van der Waals surface area (Å²) in [6, 6.07) is 0. The monoisotopic (exact) mass is 322 g/mol. The molecule has 20 heavy (non-hydrogen) atoms. The molecule has 1 saturated carbocycles. The summed E-state index contributed by atoms with van der Waals surface area (Å²) in [5.74, 6) is -0.0207. The third-order valence-corrected chi connectivity index (χ3v) is 3.94. The summed E-state index contributed by atoms with van der Waals surface area (Å²) in [4.78, 5) is 19.4. The highest BCUT2D eigenvalue weighted by atomic mass is 35.5. The molecule has 0 saturated heterocycles. The van der Waals surface area contributed by atoms with Gasteiger partial charge in [0.15, 0.2) is 0 Å². The zero-order chi connectivity index (χ0) is 13.2. The molecule has 1 aromatic rings. The van der Waals surface area contributed by atoms with Crippen LogP contribution in [0.25, 0.3) is 0 Å². The van der Waals surface area contributed by atoms with Gasteiger partial charge >= 0.3 is 0 Å². The van der Waals surface area contributed by atoms with Crippen LogP contribution in [0.15, 0.2) is 6.33 Å². The lowest BCUT2D eigenvalue weighted by atomic mass is 9.74. The first kappa shape index (κ1) is 19.2. The maximum atomic E-state index is 12.2. The quantitative estimate of drug-likeness (QED) is 0.796. The second kappa shape index (κ2) is 7.86. The highest BCUT2D eigenvalue weighted by Crippen LogP contribution is 2.31. The van der Waals surface area contributed by atoms with Gasteiger partial charge in [-0.3, -0.25) is 4.79 Å². The Kier molecular flexibility index (Phi) is 7.55. The summed E-state index contributed by atoms with van der Waals surface area (Å²) in [6.45, 7) is 4.40. The molecule has 0 spiro atoms. The smallest absolute Gasteiger partial charge is 0.225 e. The van der Waals surface area contributed by atoms with Gasteiger partial charge in [-0.15, -0.1) is 24.8 Å². The van der Waals surface area contributed by atoms with E-state index in [1.54, 1.807) is 6.33 Å². The number of hydrogen-bond acceptors (Lipinski definition) is 3. The average molecular weight is 323 g/mol. The fourth-order valence-corrected chi connectivity index (χ4v) is 2.65. The Balaban J connectivity index is 0.00000180. The van der Waals surface area contributed by atoms with Crippen molar-refractivity contribution >= 4 is 30.7 Å². The van der Waals surface area contributed by atoms with Gasteiger partial charge in [-0.1, -0.05) is 12.8 Å². The first-order chi connectivity index (χ1) is 8.50. The number of nitrogens with two attached hydrogens (primary N) is 1. The van der Waals surface area contributed by atoms with Crippen LogP contribution in [0.3, 0.4) is 0 Å². The highest BCUT2D eigenvalue weighted by Gasteiger charge is 2.37. The van der Waals surface area contributed by atoms with Crippen LogP contribution in [0.5, 0.6) is 0 Å². The number of rotatable bonds is 3. The lowest BCUT2D eigenvalue weighted by molar-refractivity contribution is -0.128. The number of imidazole rings is 1. The standard InChI is InChI=1S/C13H22N4O.2ClH/c1-9-11(17-8-16-9)7-15-12(18)10-5-3-4-6-13(10,2)14;;/h8,10H,3-7,14H2,1-2H3,(H,15,18)(H,16,17);2*1H. The lowest BCUT2D eigenvalue weighted by Crippen LogP contribution is -2.52. The van der Waals surface area contributed by atoms with E-state index >= 15 is 0 Å². The molecule has 0 aromatic carbocycles. The predicted octanol–water partition coefficient (Wildman–Crippen LogP) is 2.09. The molecule has 4 N–H and O–H groups in total. The summed E-state index contributed by atoms with van der Waals surface area (Å²) in [5.41, 5.74) is 7.73. The van der Waals surface area contributed by atoms with E-state index in [4.69, 9.17) is 5.73 Å². The first-order valence-corrected chi connectivity index (χ1v) is 6.56. The molecule has 1 aliphatic carbocycles. The Labute approximate surface area is 132 Å². The van der Waals surface area contributed by atoms with E-state index in [9.17, 15) is 4.79 Å². The van der Waals surface area contributed by atoms with E-state index in [1.165, 1.54) is 0 Å². The first-order valence-electron chi connectivity index (χ1n) is 6.56. The number of carbonyl (C=O) groups is 1. The average Bonchev–Trinajstić information content (AvgIpc) is 2.71. The van der Waals surface area contributed by atoms with Crippen LogP contribution in [0.4, 0.5) is 0 Å². The highest BCUT2D eigenvalue weighted by molar-refractivity contribution is 5.85.